The Bertz CT molecular complexity index is 721. The Kier molecular flexibility index (Phi) is 5.07. The van der Waals surface area contributed by atoms with E-state index in [4.69, 9.17) is 0 Å². The number of aryl methyl sites for hydroxylation is 3. The Morgan fingerprint density at radius 3 is 2.68 bits per heavy atom. The number of carbonyl (C=O) groups excluding carboxylic acids is 1. The molecule has 22 heavy (non-hydrogen) atoms. The van der Waals surface area contributed by atoms with Gasteiger partial charge < -0.3 is 10.4 Å². The third-order valence-corrected chi connectivity index (χ3v) is 3.64. The zero-order valence-electron chi connectivity index (χ0n) is 13.1. The summed E-state index contributed by atoms with van der Waals surface area (Å²) in [5, 5.41) is 12.0. The number of nitrogens with zero attached hydrogens (tertiary/aromatic N) is 1. The third kappa shape index (κ3) is 3.80. The van der Waals surface area contributed by atoms with Crippen molar-refractivity contribution in [1.82, 2.24) is 4.98 Å². The molecule has 2 N–H and O–H groups in total. The Morgan fingerprint density at radius 2 is 1.95 bits per heavy atom. The smallest absolute Gasteiger partial charge is 0.248 e. The van der Waals surface area contributed by atoms with E-state index < -0.39 is 0 Å². The summed E-state index contributed by atoms with van der Waals surface area (Å²) in [6, 6.07) is 5.85. The molecule has 0 saturated heterocycles. The fraction of sp³-hybridized carbons (Fsp3) is 0.222. The summed E-state index contributed by atoms with van der Waals surface area (Å²) in [5.41, 5.74) is 5.74. The lowest BCUT2D eigenvalue weighted by Crippen LogP contribution is -2.10. The molecule has 0 saturated carbocycles. The fourth-order valence-electron chi connectivity index (χ4n) is 2.18. The van der Waals surface area contributed by atoms with Crippen LogP contribution in [0, 0.1) is 20.8 Å². The first-order valence-electron chi connectivity index (χ1n) is 7.12. The van der Waals surface area contributed by atoms with E-state index in [1.807, 2.05) is 6.92 Å². The number of nitrogens with one attached hydrogen (secondary N) is 1. The number of aliphatic hydroxyl groups is 1. The molecule has 0 aliphatic rings. The molecule has 0 aliphatic heterocycles. The van der Waals surface area contributed by atoms with Crippen molar-refractivity contribution in [2.45, 2.75) is 27.4 Å². The second-order valence-corrected chi connectivity index (χ2v) is 5.31. The van der Waals surface area contributed by atoms with Gasteiger partial charge in [-0.1, -0.05) is 12.1 Å². The van der Waals surface area contributed by atoms with Crippen LogP contribution in [0.3, 0.4) is 0 Å². The Labute approximate surface area is 130 Å². The van der Waals surface area contributed by atoms with Crippen molar-refractivity contribution >= 4 is 17.7 Å². The maximum Gasteiger partial charge on any atom is 0.248 e. The van der Waals surface area contributed by atoms with E-state index in [1.165, 1.54) is 23.4 Å². The summed E-state index contributed by atoms with van der Waals surface area (Å²) in [6.07, 6.45) is 6.39. The van der Waals surface area contributed by atoms with Gasteiger partial charge in [0, 0.05) is 17.8 Å². The standard InChI is InChI=1S/C18H20N2O2/c1-12-8-14(3)15(9-13(12)2)4-5-18(22)20-17-10-19-7-6-16(17)11-21/h4-10,21H,11H2,1-3H3,(H,20,22)/b5-4+. The van der Waals surface area contributed by atoms with Crippen molar-refractivity contribution in [3.05, 3.63) is 64.5 Å². The second kappa shape index (κ2) is 7.00. The van der Waals surface area contributed by atoms with Gasteiger partial charge in [-0.3, -0.25) is 9.78 Å². The zero-order chi connectivity index (χ0) is 16.1. The topological polar surface area (TPSA) is 62.2 Å². The van der Waals surface area contributed by atoms with Crippen molar-refractivity contribution in [3.8, 4) is 0 Å². The first kappa shape index (κ1) is 15.9. The van der Waals surface area contributed by atoms with Crippen molar-refractivity contribution in [1.29, 1.82) is 0 Å². The number of rotatable bonds is 4. The highest BCUT2D eigenvalue weighted by atomic mass is 16.3. The second-order valence-electron chi connectivity index (χ2n) is 5.31. The number of amides is 1. The number of anilines is 1. The predicted octanol–water partition coefficient (Wildman–Crippen LogP) is 3.15. The number of carbonyl (C=O) groups is 1. The zero-order valence-corrected chi connectivity index (χ0v) is 13.1. The van der Waals surface area contributed by atoms with Crippen LogP contribution in [0.25, 0.3) is 6.08 Å². The minimum absolute atomic E-state index is 0.141. The van der Waals surface area contributed by atoms with E-state index in [9.17, 15) is 9.90 Å². The molecule has 0 aliphatic carbocycles. The first-order chi connectivity index (χ1) is 10.5. The lowest BCUT2D eigenvalue weighted by atomic mass is 10.0. The summed E-state index contributed by atoms with van der Waals surface area (Å²) in [4.78, 5) is 16.0. The van der Waals surface area contributed by atoms with Crippen LogP contribution >= 0.6 is 0 Å². The highest BCUT2D eigenvalue weighted by molar-refractivity contribution is 6.02. The molecule has 1 amide bonds. The molecule has 0 atom stereocenters. The van der Waals surface area contributed by atoms with Crippen LogP contribution in [0.5, 0.6) is 0 Å². The summed E-state index contributed by atoms with van der Waals surface area (Å²) in [7, 11) is 0. The maximum atomic E-state index is 12.0. The van der Waals surface area contributed by atoms with Crippen LogP contribution in [0.15, 0.2) is 36.7 Å². The molecular formula is C18H20N2O2. The monoisotopic (exact) mass is 296 g/mol. The van der Waals surface area contributed by atoms with Gasteiger partial charge in [0.2, 0.25) is 5.91 Å². The third-order valence-electron chi connectivity index (χ3n) is 3.64. The quantitative estimate of drug-likeness (QED) is 0.852. The summed E-state index contributed by atoms with van der Waals surface area (Å²) in [5.74, 6) is -0.250. The molecule has 0 fully saturated rings. The van der Waals surface area contributed by atoms with E-state index >= 15 is 0 Å². The van der Waals surface area contributed by atoms with Crippen molar-refractivity contribution < 1.29 is 9.90 Å². The Morgan fingerprint density at radius 1 is 1.23 bits per heavy atom. The number of aliphatic hydroxyl groups excluding tert-OH is 1. The molecule has 2 rings (SSSR count). The van der Waals surface area contributed by atoms with Crippen LogP contribution in [0.2, 0.25) is 0 Å². The molecule has 0 spiro atoms. The van der Waals surface area contributed by atoms with Crippen LogP contribution in [-0.4, -0.2) is 16.0 Å². The first-order valence-corrected chi connectivity index (χ1v) is 7.12. The van der Waals surface area contributed by atoms with E-state index in [1.54, 1.807) is 18.3 Å². The van der Waals surface area contributed by atoms with Crippen molar-refractivity contribution in [2.24, 2.45) is 0 Å². The number of aromatic nitrogens is 1. The van der Waals surface area contributed by atoms with Crippen LogP contribution in [0.4, 0.5) is 5.69 Å². The van der Waals surface area contributed by atoms with Crippen molar-refractivity contribution in [3.63, 3.8) is 0 Å². The van der Waals surface area contributed by atoms with Gasteiger partial charge in [0.15, 0.2) is 0 Å². The normalized spacial score (nSPS) is 10.9. The van der Waals surface area contributed by atoms with Gasteiger partial charge in [0.1, 0.15) is 0 Å². The van der Waals surface area contributed by atoms with Gasteiger partial charge in [-0.25, -0.2) is 0 Å². The minimum atomic E-state index is -0.250. The van der Waals surface area contributed by atoms with E-state index in [0.717, 1.165) is 11.1 Å². The van der Waals surface area contributed by atoms with Gasteiger partial charge >= 0.3 is 0 Å². The Balaban J connectivity index is 2.13. The molecule has 4 heteroatoms. The molecule has 1 aromatic heterocycles. The number of pyridine rings is 1. The average Bonchev–Trinajstić information content (AvgIpc) is 2.50. The average molecular weight is 296 g/mol. The molecule has 1 aromatic carbocycles. The largest absolute Gasteiger partial charge is 0.392 e. The fourth-order valence-corrected chi connectivity index (χ4v) is 2.18. The van der Waals surface area contributed by atoms with E-state index in [-0.39, 0.29) is 12.5 Å². The lowest BCUT2D eigenvalue weighted by Gasteiger charge is -2.07. The van der Waals surface area contributed by atoms with E-state index in [0.29, 0.717) is 11.3 Å². The molecule has 114 valence electrons. The predicted molar refractivity (Wildman–Crippen MR) is 88.5 cm³/mol. The summed E-state index contributed by atoms with van der Waals surface area (Å²) < 4.78 is 0. The van der Waals surface area contributed by atoms with Gasteiger partial charge in [0.05, 0.1) is 18.5 Å². The van der Waals surface area contributed by atoms with Gasteiger partial charge in [-0.2, -0.15) is 0 Å². The van der Waals surface area contributed by atoms with Gasteiger partial charge in [0.25, 0.3) is 0 Å². The summed E-state index contributed by atoms with van der Waals surface area (Å²) in [6.45, 7) is 6.00. The molecule has 0 bridgehead atoms. The van der Waals surface area contributed by atoms with Crippen LogP contribution < -0.4 is 5.32 Å². The number of benzene rings is 1. The number of hydrogen-bond donors (Lipinski definition) is 2. The molecule has 1 heterocycles. The van der Waals surface area contributed by atoms with Crippen molar-refractivity contribution in [2.75, 3.05) is 5.32 Å². The van der Waals surface area contributed by atoms with Crippen LogP contribution in [0.1, 0.15) is 27.8 Å². The van der Waals surface area contributed by atoms with E-state index in [2.05, 4.69) is 36.3 Å². The van der Waals surface area contributed by atoms with Gasteiger partial charge in [-0.15, -0.1) is 0 Å². The molecule has 0 unspecified atom stereocenters. The minimum Gasteiger partial charge on any atom is -0.392 e. The molecular weight excluding hydrogens is 276 g/mol. The van der Waals surface area contributed by atoms with Gasteiger partial charge in [-0.05, 0) is 55.2 Å². The highest BCUT2D eigenvalue weighted by Gasteiger charge is 2.04. The maximum absolute atomic E-state index is 12.0. The number of hydrogen-bond acceptors (Lipinski definition) is 3. The summed E-state index contributed by atoms with van der Waals surface area (Å²) >= 11 is 0. The Hall–Kier alpha value is -2.46. The lowest BCUT2D eigenvalue weighted by molar-refractivity contribution is -0.111. The highest BCUT2D eigenvalue weighted by Crippen LogP contribution is 2.17. The molecule has 4 nitrogen and oxygen atoms in total. The molecule has 0 radical (unpaired) electrons. The SMILES string of the molecule is Cc1cc(C)c(/C=C/C(=O)Nc2cnccc2CO)cc1C. The molecule has 2 aromatic rings. The van der Waals surface area contributed by atoms with Crippen LogP contribution in [-0.2, 0) is 11.4 Å².